The topological polar surface area (TPSA) is 57.5 Å². The lowest BCUT2D eigenvalue weighted by atomic mass is 9.84. The number of fused-ring (bicyclic) bond motifs is 3. The lowest BCUT2D eigenvalue weighted by Gasteiger charge is -2.44. The largest absolute Gasteiger partial charge is 0.451 e. The smallest absolute Gasteiger partial charge is 0.287 e. The molecule has 3 fully saturated rings. The Bertz CT molecular complexity index is 714. The number of anilines is 1. The maximum Gasteiger partial charge on any atom is 0.287 e. The molecule has 2 aromatic rings. The molecule has 0 unspecified atom stereocenters. The van der Waals surface area contributed by atoms with Crippen molar-refractivity contribution in [2.45, 2.75) is 18.9 Å². The van der Waals surface area contributed by atoms with E-state index in [2.05, 4.69) is 15.5 Å². The quantitative estimate of drug-likeness (QED) is 0.907. The van der Waals surface area contributed by atoms with Gasteiger partial charge in [-0.1, -0.05) is 0 Å². The monoisotopic (exact) mass is 325 g/mol. The number of amides is 1. The summed E-state index contributed by atoms with van der Waals surface area (Å²) in [6.45, 7) is 3.31. The van der Waals surface area contributed by atoms with Crippen molar-refractivity contribution in [3.05, 3.63) is 42.2 Å². The van der Waals surface area contributed by atoms with Gasteiger partial charge in [-0.15, -0.1) is 0 Å². The number of benzene rings is 1. The maximum absolute atomic E-state index is 12.5. The van der Waals surface area contributed by atoms with Gasteiger partial charge in [0, 0.05) is 30.9 Å². The highest BCUT2D eigenvalue weighted by molar-refractivity contribution is 5.92. The maximum atomic E-state index is 12.5. The molecule has 2 N–H and O–H groups in total. The lowest BCUT2D eigenvalue weighted by molar-refractivity contribution is 0.0606. The van der Waals surface area contributed by atoms with Crippen molar-refractivity contribution in [1.29, 1.82) is 0 Å². The molecule has 5 rings (SSSR count). The van der Waals surface area contributed by atoms with E-state index >= 15 is 0 Å². The molecule has 3 saturated heterocycles. The summed E-state index contributed by atoms with van der Waals surface area (Å²) in [5.74, 6) is 1.62. The van der Waals surface area contributed by atoms with Crippen LogP contribution in [0.2, 0.25) is 0 Å². The fraction of sp³-hybridized carbons (Fsp3) is 0.421. The highest BCUT2D eigenvalue weighted by Gasteiger charge is 2.35. The van der Waals surface area contributed by atoms with Crippen LogP contribution >= 0.6 is 0 Å². The number of carbonyl (C=O) groups is 1. The number of nitrogens with one attached hydrogen (secondary N) is 2. The zero-order chi connectivity index (χ0) is 16.5. The first kappa shape index (κ1) is 15.3. The van der Waals surface area contributed by atoms with Crippen molar-refractivity contribution in [3.63, 3.8) is 0 Å². The molecule has 0 aliphatic carbocycles. The summed E-state index contributed by atoms with van der Waals surface area (Å²) < 4.78 is 5.78. The van der Waals surface area contributed by atoms with Gasteiger partial charge in [0.05, 0.1) is 0 Å². The van der Waals surface area contributed by atoms with Crippen molar-refractivity contribution in [2.75, 3.05) is 32.0 Å². The molecule has 1 aromatic carbocycles. The molecule has 0 spiro atoms. The van der Waals surface area contributed by atoms with E-state index in [4.69, 9.17) is 4.42 Å². The lowest BCUT2D eigenvalue weighted by Crippen LogP contribution is -2.57. The normalized spacial score (nSPS) is 25.5. The van der Waals surface area contributed by atoms with Gasteiger partial charge in [0.15, 0.2) is 5.76 Å². The summed E-state index contributed by atoms with van der Waals surface area (Å²) in [6.07, 6.45) is 2.37. The van der Waals surface area contributed by atoms with Crippen molar-refractivity contribution >= 4 is 11.6 Å². The molecule has 5 heteroatoms. The van der Waals surface area contributed by atoms with Crippen LogP contribution in [0.5, 0.6) is 0 Å². The predicted molar refractivity (Wildman–Crippen MR) is 94.1 cm³/mol. The van der Waals surface area contributed by atoms with E-state index < -0.39 is 0 Å². The Morgan fingerprint density at radius 2 is 1.88 bits per heavy atom. The van der Waals surface area contributed by atoms with E-state index in [-0.39, 0.29) is 11.9 Å². The minimum Gasteiger partial charge on any atom is -0.451 e. The van der Waals surface area contributed by atoms with Gasteiger partial charge in [0.1, 0.15) is 5.76 Å². The molecule has 1 atom stereocenters. The molecule has 0 radical (unpaired) electrons. The van der Waals surface area contributed by atoms with Gasteiger partial charge in [-0.3, -0.25) is 4.79 Å². The summed E-state index contributed by atoms with van der Waals surface area (Å²) in [5.41, 5.74) is 2.02. The van der Waals surface area contributed by atoms with E-state index in [9.17, 15) is 4.79 Å². The number of hydrogen-bond acceptors (Lipinski definition) is 4. The second-order valence-electron chi connectivity index (χ2n) is 6.71. The van der Waals surface area contributed by atoms with Crippen LogP contribution in [-0.2, 0) is 0 Å². The fourth-order valence-electron chi connectivity index (χ4n) is 3.78. The van der Waals surface area contributed by atoms with E-state index in [1.807, 2.05) is 37.4 Å². The fourth-order valence-corrected chi connectivity index (χ4v) is 3.78. The third-order valence-electron chi connectivity index (χ3n) is 5.26. The Balaban J connectivity index is 1.44. The standard InChI is InChI=1S/C19H23N3O2/c1-20-15-4-2-14(3-5-15)17-6-7-18(24-17)19(23)21-16-12-22-10-8-13(16)9-11-22/h2-7,13,16,20H,8-12H2,1H3,(H,21,23)/t16-/m0/s1. The van der Waals surface area contributed by atoms with E-state index in [0.717, 1.165) is 23.6 Å². The second-order valence-corrected chi connectivity index (χ2v) is 6.71. The zero-order valence-electron chi connectivity index (χ0n) is 13.9. The van der Waals surface area contributed by atoms with Crippen molar-refractivity contribution in [2.24, 2.45) is 5.92 Å². The molecule has 24 heavy (non-hydrogen) atoms. The van der Waals surface area contributed by atoms with E-state index in [1.165, 1.54) is 25.9 Å². The molecular weight excluding hydrogens is 302 g/mol. The highest BCUT2D eigenvalue weighted by Crippen LogP contribution is 2.28. The molecule has 2 bridgehead atoms. The van der Waals surface area contributed by atoms with Crippen LogP contribution in [0.4, 0.5) is 5.69 Å². The Kier molecular flexibility index (Phi) is 4.02. The van der Waals surface area contributed by atoms with E-state index in [1.54, 1.807) is 6.07 Å². The Morgan fingerprint density at radius 1 is 1.12 bits per heavy atom. The number of piperidine rings is 3. The first-order valence-electron chi connectivity index (χ1n) is 8.64. The van der Waals surface area contributed by atoms with Crippen LogP contribution in [0.3, 0.4) is 0 Å². The Morgan fingerprint density at radius 3 is 2.50 bits per heavy atom. The Labute approximate surface area is 142 Å². The minimum atomic E-state index is -0.105. The Hall–Kier alpha value is -2.27. The van der Waals surface area contributed by atoms with Gasteiger partial charge in [-0.25, -0.2) is 0 Å². The first-order chi connectivity index (χ1) is 11.7. The molecule has 5 nitrogen and oxygen atoms in total. The van der Waals surface area contributed by atoms with Gasteiger partial charge < -0.3 is 20.0 Å². The summed E-state index contributed by atoms with van der Waals surface area (Å²) in [7, 11) is 1.89. The van der Waals surface area contributed by atoms with Crippen molar-refractivity contribution in [1.82, 2.24) is 10.2 Å². The number of carbonyl (C=O) groups excluding carboxylic acids is 1. The average molecular weight is 325 g/mol. The van der Waals surface area contributed by atoms with Gasteiger partial charge >= 0.3 is 0 Å². The first-order valence-corrected chi connectivity index (χ1v) is 8.64. The third kappa shape index (κ3) is 2.91. The number of rotatable bonds is 4. The van der Waals surface area contributed by atoms with Gasteiger partial charge in [0.2, 0.25) is 0 Å². The van der Waals surface area contributed by atoms with Crippen LogP contribution in [0.1, 0.15) is 23.4 Å². The van der Waals surface area contributed by atoms with Crippen molar-refractivity contribution < 1.29 is 9.21 Å². The van der Waals surface area contributed by atoms with Crippen LogP contribution in [0.15, 0.2) is 40.8 Å². The van der Waals surface area contributed by atoms with Crippen LogP contribution < -0.4 is 10.6 Å². The van der Waals surface area contributed by atoms with Gasteiger partial charge in [-0.2, -0.15) is 0 Å². The molecular formula is C19H23N3O2. The van der Waals surface area contributed by atoms with Gasteiger partial charge in [0.25, 0.3) is 5.91 Å². The number of furan rings is 1. The molecule has 3 aliphatic rings. The van der Waals surface area contributed by atoms with E-state index in [0.29, 0.717) is 11.7 Å². The summed E-state index contributed by atoms with van der Waals surface area (Å²) >= 11 is 0. The van der Waals surface area contributed by atoms with Crippen LogP contribution in [-0.4, -0.2) is 43.5 Å². The summed E-state index contributed by atoms with van der Waals surface area (Å²) in [6, 6.07) is 11.8. The summed E-state index contributed by atoms with van der Waals surface area (Å²) in [4.78, 5) is 14.9. The third-order valence-corrected chi connectivity index (χ3v) is 5.26. The average Bonchev–Trinajstić information content (AvgIpc) is 3.13. The molecule has 1 amide bonds. The molecule has 3 aliphatic heterocycles. The highest BCUT2D eigenvalue weighted by atomic mass is 16.3. The number of hydrogen-bond donors (Lipinski definition) is 2. The number of nitrogens with zero attached hydrogens (tertiary/aromatic N) is 1. The molecule has 0 saturated carbocycles. The van der Waals surface area contributed by atoms with Crippen molar-refractivity contribution in [3.8, 4) is 11.3 Å². The molecule has 1 aromatic heterocycles. The molecule has 4 heterocycles. The second kappa shape index (κ2) is 6.32. The van der Waals surface area contributed by atoms with Gasteiger partial charge in [-0.05, 0) is 68.2 Å². The molecule has 126 valence electrons. The zero-order valence-corrected chi connectivity index (χ0v) is 13.9. The van der Waals surface area contributed by atoms with Crippen LogP contribution in [0.25, 0.3) is 11.3 Å². The van der Waals surface area contributed by atoms with Crippen LogP contribution in [0, 0.1) is 5.92 Å². The summed E-state index contributed by atoms with van der Waals surface area (Å²) in [5, 5.41) is 6.25. The SMILES string of the molecule is CNc1ccc(-c2ccc(C(=O)N[C@H]3CN4CCC3CC4)o2)cc1. The minimum absolute atomic E-state index is 0.105. The predicted octanol–water partition coefficient (Wildman–Crippen LogP) is 2.81.